The largest absolute Gasteiger partial charge is 0.301 e. The summed E-state index contributed by atoms with van der Waals surface area (Å²) in [6, 6.07) is 4.24. The van der Waals surface area contributed by atoms with Gasteiger partial charge in [-0.1, -0.05) is 6.07 Å². The molecule has 1 aromatic heterocycles. The normalized spacial score (nSPS) is 17.7. The highest BCUT2D eigenvalue weighted by molar-refractivity contribution is 7.99. The summed E-state index contributed by atoms with van der Waals surface area (Å²) in [5.41, 5.74) is 5.81. The van der Waals surface area contributed by atoms with Crippen LogP contribution in [0.5, 0.6) is 0 Å². The molecule has 0 bridgehead atoms. The Morgan fingerprint density at radius 1 is 1.27 bits per heavy atom. The van der Waals surface area contributed by atoms with Crippen LogP contribution in [0.3, 0.4) is 0 Å². The van der Waals surface area contributed by atoms with Crippen molar-refractivity contribution in [3.63, 3.8) is 0 Å². The lowest BCUT2D eigenvalue weighted by atomic mass is 9.99. The van der Waals surface area contributed by atoms with Crippen LogP contribution in [0.15, 0.2) is 17.5 Å². The number of carbonyl (C=O) groups is 1. The van der Waals surface area contributed by atoms with Crippen molar-refractivity contribution >= 4 is 34.1 Å². The Balaban J connectivity index is 1.79. The Morgan fingerprint density at radius 2 is 2.05 bits per heavy atom. The average molecular weight is 333 g/mol. The molecule has 22 heavy (non-hydrogen) atoms. The summed E-state index contributed by atoms with van der Waals surface area (Å²) in [4.78, 5) is 16.7. The van der Waals surface area contributed by atoms with E-state index in [0.717, 1.165) is 22.9 Å². The first-order valence-electron chi connectivity index (χ1n) is 7.20. The van der Waals surface area contributed by atoms with Crippen LogP contribution >= 0.6 is 23.1 Å². The molecule has 6 heteroatoms. The smallest absolute Gasteiger partial charge is 0.244 e. The molecule has 1 atom stereocenters. The van der Waals surface area contributed by atoms with Crippen molar-refractivity contribution in [2.24, 2.45) is 0 Å². The van der Waals surface area contributed by atoms with Crippen LogP contribution in [0.25, 0.3) is 11.3 Å². The third kappa shape index (κ3) is 3.19. The zero-order valence-corrected chi connectivity index (χ0v) is 14.5. The number of anilines is 1. The van der Waals surface area contributed by atoms with Crippen LogP contribution in [0, 0.1) is 20.8 Å². The number of thioether (sulfide) groups is 1. The highest BCUT2D eigenvalue weighted by atomic mass is 32.2. The fourth-order valence-electron chi connectivity index (χ4n) is 2.45. The fraction of sp³-hybridized carbons (Fsp3) is 0.375. The number of rotatable bonds is 3. The van der Waals surface area contributed by atoms with Gasteiger partial charge in [0.2, 0.25) is 5.91 Å². The standard InChI is InChI=1S/C16H19N3OS2/c1-9-4-11(3)12(5-10(9)2)13-7-22-16(18-13)19-15(20)14-6-21-8-17-14/h4-5,7,14,17H,6,8H2,1-3H3,(H,18,19,20). The van der Waals surface area contributed by atoms with Crippen LogP contribution < -0.4 is 10.6 Å². The van der Waals surface area contributed by atoms with Crippen LogP contribution in [0.2, 0.25) is 0 Å². The summed E-state index contributed by atoms with van der Waals surface area (Å²) >= 11 is 3.21. The minimum atomic E-state index is -0.110. The van der Waals surface area contributed by atoms with Crippen molar-refractivity contribution < 1.29 is 4.79 Å². The van der Waals surface area contributed by atoms with Gasteiger partial charge in [-0.3, -0.25) is 10.1 Å². The van der Waals surface area contributed by atoms with Gasteiger partial charge in [-0.05, 0) is 43.5 Å². The second-order valence-electron chi connectivity index (χ2n) is 5.55. The van der Waals surface area contributed by atoms with Crippen LogP contribution in [0.4, 0.5) is 5.13 Å². The Kier molecular flexibility index (Phi) is 4.52. The van der Waals surface area contributed by atoms with Crippen molar-refractivity contribution in [2.45, 2.75) is 26.8 Å². The Morgan fingerprint density at radius 3 is 2.77 bits per heavy atom. The zero-order chi connectivity index (χ0) is 15.7. The van der Waals surface area contributed by atoms with Gasteiger partial charge in [0, 0.05) is 22.6 Å². The van der Waals surface area contributed by atoms with Crippen LogP contribution in [-0.2, 0) is 4.79 Å². The third-order valence-electron chi connectivity index (χ3n) is 3.88. The average Bonchev–Trinajstić information content (AvgIpc) is 3.14. The molecule has 1 saturated heterocycles. The van der Waals surface area contributed by atoms with Gasteiger partial charge < -0.3 is 5.32 Å². The zero-order valence-electron chi connectivity index (χ0n) is 12.9. The molecule has 3 rings (SSSR count). The molecular formula is C16H19N3OS2. The van der Waals surface area contributed by atoms with Gasteiger partial charge in [-0.2, -0.15) is 0 Å². The molecule has 4 nitrogen and oxygen atoms in total. The molecule has 2 aromatic rings. The van der Waals surface area contributed by atoms with Gasteiger partial charge in [-0.25, -0.2) is 4.98 Å². The molecule has 0 saturated carbocycles. The fourth-order valence-corrected chi connectivity index (χ4v) is 4.10. The quantitative estimate of drug-likeness (QED) is 0.904. The van der Waals surface area contributed by atoms with Gasteiger partial charge >= 0.3 is 0 Å². The van der Waals surface area contributed by atoms with Crippen molar-refractivity contribution in [2.75, 3.05) is 16.9 Å². The topological polar surface area (TPSA) is 54.0 Å². The van der Waals surface area contributed by atoms with E-state index in [4.69, 9.17) is 0 Å². The molecule has 2 N–H and O–H groups in total. The molecule has 1 unspecified atom stereocenters. The monoisotopic (exact) mass is 333 g/mol. The number of aromatic nitrogens is 1. The van der Waals surface area contributed by atoms with E-state index in [-0.39, 0.29) is 11.9 Å². The van der Waals surface area contributed by atoms with Crippen LogP contribution in [0.1, 0.15) is 16.7 Å². The Bertz CT molecular complexity index is 705. The SMILES string of the molecule is Cc1cc(C)c(-c2csc(NC(=O)C3CSCN3)n2)cc1C. The summed E-state index contributed by atoms with van der Waals surface area (Å²) < 4.78 is 0. The third-order valence-corrected chi connectivity index (χ3v) is 5.58. The number of nitrogens with one attached hydrogen (secondary N) is 2. The Labute approximate surface area is 138 Å². The second-order valence-corrected chi connectivity index (χ2v) is 7.44. The highest BCUT2D eigenvalue weighted by Crippen LogP contribution is 2.29. The minimum absolute atomic E-state index is 0.00251. The van der Waals surface area contributed by atoms with Crippen molar-refractivity contribution in [3.05, 3.63) is 34.2 Å². The molecule has 0 aliphatic carbocycles. The van der Waals surface area contributed by atoms with Gasteiger partial charge in [0.25, 0.3) is 0 Å². The number of benzene rings is 1. The first-order valence-corrected chi connectivity index (χ1v) is 9.24. The van der Waals surface area contributed by atoms with E-state index in [1.165, 1.54) is 28.0 Å². The number of hydrogen-bond donors (Lipinski definition) is 2. The number of amides is 1. The molecular weight excluding hydrogens is 314 g/mol. The maximum absolute atomic E-state index is 12.1. The van der Waals surface area contributed by atoms with E-state index in [0.29, 0.717) is 5.13 Å². The number of aryl methyl sites for hydroxylation is 3. The second kappa shape index (κ2) is 6.40. The number of thiazole rings is 1. The molecule has 116 valence electrons. The summed E-state index contributed by atoms with van der Waals surface area (Å²) in [5, 5.41) is 8.74. The van der Waals surface area contributed by atoms with E-state index < -0.39 is 0 Å². The van der Waals surface area contributed by atoms with Gasteiger partial charge in [0.05, 0.1) is 11.7 Å². The summed E-state index contributed by atoms with van der Waals surface area (Å²) in [5.74, 6) is 1.66. The molecule has 0 spiro atoms. The predicted octanol–water partition coefficient (Wildman–Crippen LogP) is 3.34. The molecule has 1 aliphatic heterocycles. The van der Waals surface area contributed by atoms with Gasteiger partial charge in [0.15, 0.2) is 5.13 Å². The van der Waals surface area contributed by atoms with Crippen molar-refractivity contribution in [1.29, 1.82) is 0 Å². The molecule has 1 amide bonds. The maximum atomic E-state index is 12.1. The van der Waals surface area contributed by atoms with E-state index >= 15 is 0 Å². The number of nitrogens with zero attached hydrogens (tertiary/aromatic N) is 1. The van der Waals surface area contributed by atoms with Crippen molar-refractivity contribution in [3.8, 4) is 11.3 Å². The summed E-state index contributed by atoms with van der Waals surface area (Å²) in [6.45, 7) is 6.32. The summed E-state index contributed by atoms with van der Waals surface area (Å²) in [7, 11) is 0. The molecule has 1 aromatic carbocycles. The lowest BCUT2D eigenvalue weighted by Crippen LogP contribution is -2.37. The molecule has 1 aliphatic rings. The van der Waals surface area contributed by atoms with E-state index in [1.54, 1.807) is 11.8 Å². The highest BCUT2D eigenvalue weighted by Gasteiger charge is 2.23. The van der Waals surface area contributed by atoms with Crippen LogP contribution in [-0.4, -0.2) is 28.6 Å². The first-order chi connectivity index (χ1) is 10.5. The number of carbonyl (C=O) groups excluding carboxylic acids is 1. The van der Waals surface area contributed by atoms with E-state index in [1.807, 2.05) is 5.38 Å². The molecule has 0 radical (unpaired) electrons. The lowest BCUT2D eigenvalue weighted by Gasteiger charge is -2.08. The Hall–Kier alpha value is -1.37. The molecule has 2 heterocycles. The van der Waals surface area contributed by atoms with E-state index in [2.05, 4.69) is 48.5 Å². The van der Waals surface area contributed by atoms with Gasteiger partial charge in [-0.15, -0.1) is 23.1 Å². The predicted molar refractivity (Wildman–Crippen MR) is 94.6 cm³/mol. The lowest BCUT2D eigenvalue weighted by molar-refractivity contribution is -0.117. The maximum Gasteiger partial charge on any atom is 0.244 e. The van der Waals surface area contributed by atoms with Gasteiger partial charge in [0.1, 0.15) is 0 Å². The number of hydrogen-bond acceptors (Lipinski definition) is 5. The minimum Gasteiger partial charge on any atom is -0.301 e. The molecule has 1 fully saturated rings. The van der Waals surface area contributed by atoms with E-state index in [9.17, 15) is 4.79 Å². The first kappa shape index (κ1) is 15.5. The summed E-state index contributed by atoms with van der Waals surface area (Å²) in [6.07, 6.45) is 0. The van der Waals surface area contributed by atoms with Crippen molar-refractivity contribution in [1.82, 2.24) is 10.3 Å².